The van der Waals surface area contributed by atoms with Gasteiger partial charge in [0.05, 0.1) is 6.54 Å². The van der Waals surface area contributed by atoms with Crippen molar-refractivity contribution >= 4 is 5.91 Å². The van der Waals surface area contributed by atoms with E-state index in [9.17, 15) is 4.79 Å². The molecule has 2 aliphatic carbocycles. The molecule has 2 saturated carbocycles. The molecule has 3 fully saturated rings. The van der Waals surface area contributed by atoms with Crippen LogP contribution in [0.15, 0.2) is 0 Å². The van der Waals surface area contributed by atoms with Crippen LogP contribution in [-0.4, -0.2) is 54.5 Å². The van der Waals surface area contributed by atoms with Crippen LogP contribution < -0.4 is 5.73 Å². The molecular weight excluding hydrogens is 226 g/mol. The quantitative estimate of drug-likeness (QED) is 0.802. The zero-order valence-electron chi connectivity index (χ0n) is 11.3. The smallest absolute Gasteiger partial charge is 0.236 e. The van der Waals surface area contributed by atoms with E-state index in [2.05, 4.69) is 4.90 Å². The number of likely N-dealkylation sites (tertiary alicyclic amines) is 1. The fourth-order valence-electron chi connectivity index (χ4n) is 3.71. The summed E-state index contributed by atoms with van der Waals surface area (Å²) in [5.74, 6) is 1.68. The molecular formula is C14H25N3O. The molecule has 4 heteroatoms. The zero-order valence-corrected chi connectivity index (χ0v) is 11.3. The number of rotatable bonds is 3. The minimum atomic E-state index is 0.296. The first-order chi connectivity index (χ1) is 8.65. The molecule has 1 amide bonds. The lowest BCUT2D eigenvalue weighted by atomic mass is 9.78. The van der Waals surface area contributed by atoms with Gasteiger partial charge in [0.1, 0.15) is 0 Å². The summed E-state index contributed by atoms with van der Waals surface area (Å²) >= 11 is 0. The first kappa shape index (κ1) is 12.4. The predicted octanol–water partition coefficient (Wildman–Crippen LogP) is 0.666. The van der Waals surface area contributed by atoms with Crippen LogP contribution in [-0.2, 0) is 4.79 Å². The van der Waals surface area contributed by atoms with E-state index in [1.165, 1.54) is 32.1 Å². The van der Waals surface area contributed by atoms with Gasteiger partial charge in [0.15, 0.2) is 0 Å². The van der Waals surface area contributed by atoms with E-state index >= 15 is 0 Å². The SMILES string of the molecule is CN(C(=O)CN1CC2CCCC(N)C2C1)C1CC1. The Bertz CT molecular complexity index is 329. The van der Waals surface area contributed by atoms with Gasteiger partial charge in [-0.3, -0.25) is 9.69 Å². The molecule has 0 aromatic carbocycles. The molecule has 1 aliphatic heterocycles. The maximum atomic E-state index is 12.1. The summed E-state index contributed by atoms with van der Waals surface area (Å²) in [6.45, 7) is 2.73. The van der Waals surface area contributed by atoms with E-state index < -0.39 is 0 Å². The van der Waals surface area contributed by atoms with E-state index in [1.54, 1.807) is 0 Å². The highest BCUT2D eigenvalue weighted by molar-refractivity contribution is 5.78. The van der Waals surface area contributed by atoms with Crippen molar-refractivity contribution in [3.8, 4) is 0 Å². The minimum absolute atomic E-state index is 0.296. The summed E-state index contributed by atoms with van der Waals surface area (Å²) < 4.78 is 0. The molecule has 0 aromatic heterocycles. The number of carbonyl (C=O) groups excluding carboxylic acids is 1. The van der Waals surface area contributed by atoms with Crippen LogP contribution in [0.3, 0.4) is 0 Å². The summed E-state index contributed by atoms with van der Waals surface area (Å²) in [7, 11) is 1.95. The molecule has 1 saturated heterocycles. The Morgan fingerprint density at radius 2 is 2.06 bits per heavy atom. The molecule has 0 bridgehead atoms. The number of hydrogen-bond acceptors (Lipinski definition) is 3. The van der Waals surface area contributed by atoms with E-state index in [1.807, 2.05) is 11.9 Å². The Morgan fingerprint density at radius 3 is 2.72 bits per heavy atom. The van der Waals surface area contributed by atoms with E-state index in [0.29, 0.717) is 30.5 Å². The van der Waals surface area contributed by atoms with Gasteiger partial charge >= 0.3 is 0 Å². The van der Waals surface area contributed by atoms with Gasteiger partial charge in [0.2, 0.25) is 5.91 Å². The monoisotopic (exact) mass is 251 g/mol. The van der Waals surface area contributed by atoms with E-state index in [4.69, 9.17) is 5.73 Å². The van der Waals surface area contributed by atoms with Crippen molar-refractivity contribution in [2.45, 2.75) is 44.2 Å². The molecule has 4 nitrogen and oxygen atoms in total. The van der Waals surface area contributed by atoms with Crippen molar-refractivity contribution < 1.29 is 4.79 Å². The second kappa shape index (κ2) is 4.82. The van der Waals surface area contributed by atoms with E-state index in [-0.39, 0.29) is 0 Å². The molecule has 3 atom stereocenters. The van der Waals surface area contributed by atoms with Gasteiger partial charge in [0.25, 0.3) is 0 Å². The maximum Gasteiger partial charge on any atom is 0.236 e. The summed E-state index contributed by atoms with van der Waals surface area (Å²) in [5, 5.41) is 0. The van der Waals surface area contributed by atoms with Gasteiger partial charge in [-0.05, 0) is 37.5 Å². The fraction of sp³-hybridized carbons (Fsp3) is 0.929. The molecule has 102 valence electrons. The Labute approximate surface area is 109 Å². The number of fused-ring (bicyclic) bond motifs is 1. The van der Waals surface area contributed by atoms with E-state index in [0.717, 1.165) is 19.0 Å². The van der Waals surface area contributed by atoms with Gasteiger partial charge in [-0.25, -0.2) is 0 Å². The molecule has 3 unspecified atom stereocenters. The summed E-state index contributed by atoms with van der Waals surface area (Å²) in [4.78, 5) is 16.4. The molecule has 18 heavy (non-hydrogen) atoms. The predicted molar refractivity (Wildman–Crippen MR) is 71.0 cm³/mol. The van der Waals surface area contributed by atoms with Crippen LogP contribution in [0.5, 0.6) is 0 Å². The van der Waals surface area contributed by atoms with Crippen LogP contribution >= 0.6 is 0 Å². The first-order valence-electron chi connectivity index (χ1n) is 7.38. The number of amides is 1. The second-order valence-electron chi connectivity index (χ2n) is 6.45. The van der Waals surface area contributed by atoms with Crippen LogP contribution in [0, 0.1) is 11.8 Å². The summed E-state index contributed by atoms with van der Waals surface area (Å²) in [6, 6.07) is 0.898. The summed E-state index contributed by atoms with van der Waals surface area (Å²) in [6.07, 6.45) is 6.13. The van der Waals surface area contributed by atoms with Crippen LogP contribution in [0.25, 0.3) is 0 Å². The number of likely N-dealkylation sites (N-methyl/N-ethyl adjacent to an activating group) is 1. The van der Waals surface area contributed by atoms with Crippen LogP contribution in [0.1, 0.15) is 32.1 Å². The summed E-state index contributed by atoms with van der Waals surface area (Å²) in [5.41, 5.74) is 6.21. The number of hydrogen-bond donors (Lipinski definition) is 1. The Kier molecular flexibility index (Phi) is 3.32. The van der Waals surface area contributed by atoms with Gasteiger partial charge in [0, 0.05) is 32.2 Å². The van der Waals surface area contributed by atoms with Gasteiger partial charge in [-0.2, -0.15) is 0 Å². The normalized spacial score (nSPS) is 36.4. The Balaban J connectivity index is 1.53. The number of nitrogens with zero attached hydrogens (tertiary/aromatic N) is 2. The van der Waals surface area contributed by atoms with Crippen molar-refractivity contribution in [2.75, 3.05) is 26.7 Å². The molecule has 0 spiro atoms. The van der Waals surface area contributed by atoms with Crippen molar-refractivity contribution in [3.63, 3.8) is 0 Å². The highest BCUT2D eigenvalue weighted by atomic mass is 16.2. The largest absolute Gasteiger partial charge is 0.342 e. The highest BCUT2D eigenvalue weighted by Gasteiger charge is 2.39. The zero-order chi connectivity index (χ0) is 12.7. The molecule has 0 radical (unpaired) electrons. The van der Waals surface area contributed by atoms with Crippen molar-refractivity contribution in [3.05, 3.63) is 0 Å². The van der Waals surface area contributed by atoms with Crippen LogP contribution in [0.2, 0.25) is 0 Å². The third kappa shape index (κ3) is 2.41. The van der Waals surface area contributed by atoms with Crippen molar-refractivity contribution in [1.29, 1.82) is 0 Å². The molecule has 3 aliphatic rings. The lowest BCUT2D eigenvalue weighted by Gasteiger charge is -2.29. The van der Waals surface area contributed by atoms with Gasteiger partial charge in [-0.15, -0.1) is 0 Å². The molecule has 2 N–H and O–H groups in total. The molecule has 0 aromatic rings. The Hall–Kier alpha value is -0.610. The minimum Gasteiger partial charge on any atom is -0.342 e. The van der Waals surface area contributed by atoms with Crippen molar-refractivity contribution in [2.24, 2.45) is 17.6 Å². The third-order valence-corrected chi connectivity index (χ3v) is 5.08. The highest BCUT2D eigenvalue weighted by Crippen LogP contribution is 2.35. The third-order valence-electron chi connectivity index (χ3n) is 5.08. The van der Waals surface area contributed by atoms with Crippen LogP contribution in [0.4, 0.5) is 0 Å². The van der Waals surface area contributed by atoms with Crippen molar-refractivity contribution in [1.82, 2.24) is 9.80 Å². The molecule has 3 rings (SSSR count). The first-order valence-corrected chi connectivity index (χ1v) is 7.38. The lowest BCUT2D eigenvalue weighted by Crippen LogP contribution is -2.40. The second-order valence-corrected chi connectivity index (χ2v) is 6.45. The number of carbonyl (C=O) groups is 1. The fourth-order valence-corrected chi connectivity index (χ4v) is 3.71. The maximum absolute atomic E-state index is 12.1. The average molecular weight is 251 g/mol. The number of nitrogens with two attached hydrogens (primary N) is 1. The van der Waals surface area contributed by atoms with Gasteiger partial charge < -0.3 is 10.6 Å². The average Bonchev–Trinajstić information content (AvgIpc) is 3.10. The molecule has 1 heterocycles. The topological polar surface area (TPSA) is 49.6 Å². The Morgan fingerprint density at radius 1 is 1.28 bits per heavy atom. The van der Waals surface area contributed by atoms with Gasteiger partial charge in [-0.1, -0.05) is 6.42 Å². The lowest BCUT2D eigenvalue weighted by molar-refractivity contribution is -0.131. The standard InChI is InChI=1S/C14H25N3O/c1-16(11-5-6-11)14(18)9-17-7-10-3-2-4-13(15)12(10)8-17/h10-13H,2-9,15H2,1H3.